The Labute approximate surface area is 168 Å². The second kappa shape index (κ2) is 13.5. The smallest absolute Gasteiger partial charge is 0.311 e. The maximum atomic E-state index is 13.9. The Hall–Kier alpha value is -1.65. The van der Waals surface area contributed by atoms with Gasteiger partial charge < -0.3 is 9.47 Å². The number of methoxy groups -OCH3 is 1. The minimum absolute atomic E-state index is 0.208. The summed E-state index contributed by atoms with van der Waals surface area (Å²) >= 11 is 0. The number of carbonyl (C=O) groups is 1. The molecule has 2 atom stereocenters. The average Bonchev–Trinajstić information content (AvgIpc) is 2.66. The zero-order chi connectivity index (χ0) is 20.9. The number of rotatable bonds is 14. The molecular formula is C23H36F2O3. The number of hydrogen-bond acceptors (Lipinski definition) is 3. The molecule has 3 nitrogen and oxygen atoms in total. The molecule has 0 aromatic heterocycles. The van der Waals surface area contributed by atoms with Gasteiger partial charge in [0.2, 0.25) is 11.6 Å². The van der Waals surface area contributed by atoms with E-state index in [9.17, 15) is 13.6 Å². The Morgan fingerprint density at radius 2 is 1.54 bits per heavy atom. The minimum atomic E-state index is -1.20. The maximum Gasteiger partial charge on any atom is 0.311 e. The van der Waals surface area contributed by atoms with E-state index in [-0.39, 0.29) is 12.2 Å². The van der Waals surface area contributed by atoms with E-state index in [1.165, 1.54) is 51.3 Å². The van der Waals surface area contributed by atoms with Gasteiger partial charge in [-0.05, 0) is 36.8 Å². The highest BCUT2D eigenvalue weighted by atomic mass is 19.2. The van der Waals surface area contributed by atoms with Gasteiger partial charge in [0, 0.05) is 6.42 Å². The van der Waals surface area contributed by atoms with Gasteiger partial charge in [0.1, 0.15) is 0 Å². The third kappa shape index (κ3) is 8.57. The molecule has 0 N–H and O–H groups in total. The van der Waals surface area contributed by atoms with Crippen molar-refractivity contribution < 1.29 is 23.0 Å². The molecule has 1 aromatic rings. The van der Waals surface area contributed by atoms with Gasteiger partial charge in [0.05, 0.1) is 7.11 Å². The first-order valence-electron chi connectivity index (χ1n) is 10.6. The van der Waals surface area contributed by atoms with Crippen LogP contribution in [0.1, 0.15) is 85.0 Å². The van der Waals surface area contributed by atoms with Crippen LogP contribution in [0.4, 0.5) is 8.78 Å². The van der Waals surface area contributed by atoms with Crippen molar-refractivity contribution in [2.24, 2.45) is 11.8 Å². The quantitative estimate of drug-likeness (QED) is 0.248. The molecule has 0 aliphatic heterocycles. The third-order valence-corrected chi connectivity index (χ3v) is 5.24. The molecule has 5 heteroatoms. The zero-order valence-electron chi connectivity index (χ0n) is 17.9. The summed E-state index contributed by atoms with van der Waals surface area (Å²) in [6.45, 7) is 6.72. The van der Waals surface area contributed by atoms with E-state index in [4.69, 9.17) is 9.47 Å². The number of halogens is 2. The summed E-state index contributed by atoms with van der Waals surface area (Å²) in [6.07, 6.45) is 10.4. The van der Waals surface area contributed by atoms with Crippen molar-refractivity contribution in [2.45, 2.75) is 85.0 Å². The third-order valence-electron chi connectivity index (χ3n) is 5.24. The van der Waals surface area contributed by atoms with Crippen LogP contribution in [0, 0.1) is 23.5 Å². The van der Waals surface area contributed by atoms with Crippen molar-refractivity contribution in [1.29, 1.82) is 0 Å². The molecule has 0 aliphatic rings. The number of benzene rings is 1. The van der Waals surface area contributed by atoms with Crippen LogP contribution in [0.3, 0.4) is 0 Å². The van der Waals surface area contributed by atoms with Crippen molar-refractivity contribution in [3.8, 4) is 11.5 Å². The molecule has 0 saturated carbocycles. The van der Waals surface area contributed by atoms with E-state index in [0.717, 1.165) is 25.2 Å². The number of hydrogen-bond donors (Lipinski definition) is 0. The number of esters is 1. The van der Waals surface area contributed by atoms with Crippen molar-refractivity contribution in [3.05, 3.63) is 23.8 Å². The van der Waals surface area contributed by atoms with Crippen molar-refractivity contribution >= 4 is 5.97 Å². The van der Waals surface area contributed by atoms with Crippen LogP contribution in [0.15, 0.2) is 12.1 Å². The highest BCUT2D eigenvalue weighted by Gasteiger charge is 2.18. The van der Waals surface area contributed by atoms with E-state index in [1.807, 2.05) is 0 Å². The lowest BCUT2D eigenvalue weighted by Gasteiger charge is -2.17. The first kappa shape index (κ1) is 24.4. The second-order valence-electron chi connectivity index (χ2n) is 7.74. The van der Waals surface area contributed by atoms with Gasteiger partial charge in [-0.2, -0.15) is 8.78 Å². The monoisotopic (exact) mass is 398 g/mol. The zero-order valence-corrected chi connectivity index (χ0v) is 17.9. The number of carbonyl (C=O) groups excluding carboxylic acids is 1. The SMILES string of the molecule is CCCC(C)CCCC(CCC)CCCC(=O)Oc1ccc(OC)c(F)c1F. The first-order chi connectivity index (χ1) is 13.4. The van der Waals surface area contributed by atoms with E-state index >= 15 is 0 Å². The summed E-state index contributed by atoms with van der Waals surface area (Å²) in [5.74, 6) is -2.09. The summed E-state index contributed by atoms with van der Waals surface area (Å²) < 4.78 is 37.3. The van der Waals surface area contributed by atoms with Gasteiger partial charge in [-0.3, -0.25) is 4.79 Å². The number of ether oxygens (including phenoxy) is 2. The minimum Gasteiger partial charge on any atom is -0.494 e. The van der Waals surface area contributed by atoms with Crippen molar-refractivity contribution in [3.63, 3.8) is 0 Å². The van der Waals surface area contributed by atoms with E-state index < -0.39 is 23.4 Å². The predicted octanol–water partition coefficient (Wildman–Crippen LogP) is 7.07. The standard InChI is InChI=1S/C23H36F2O3/c1-5-9-17(3)11-7-12-18(10-6-2)13-8-14-21(26)28-20-16-15-19(27-4)22(24)23(20)25/h15-18H,5-14H2,1-4H3. The molecular weight excluding hydrogens is 362 g/mol. The molecule has 1 rings (SSSR count). The first-order valence-corrected chi connectivity index (χ1v) is 10.6. The summed E-state index contributed by atoms with van der Waals surface area (Å²) in [7, 11) is 1.25. The van der Waals surface area contributed by atoms with Crippen LogP contribution < -0.4 is 9.47 Å². The van der Waals surface area contributed by atoms with Crippen molar-refractivity contribution in [2.75, 3.05) is 7.11 Å². The summed E-state index contributed by atoms with van der Waals surface area (Å²) in [4.78, 5) is 12.0. The molecule has 28 heavy (non-hydrogen) atoms. The van der Waals surface area contributed by atoms with Crippen molar-refractivity contribution in [1.82, 2.24) is 0 Å². The van der Waals surface area contributed by atoms with E-state index in [1.54, 1.807) is 0 Å². The predicted molar refractivity (Wildman–Crippen MR) is 109 cm³/mol. The fourth-order valence-electron chi connectivity index (χ4n) is 3.69. The van der Waals surface area contributed by atoms with Crippen LogP contribution in [0.5, 0.6) is 11.5 Å². The van der Waals surface area contributed by atoms with E-state index in [2.05, 4.69) is 20.8 Å². The summed E-state index contributed by atoms with van der Waals surface area (Å²) in [5, 5.41) is 0. The molecule has 0 bridgehead atoms. The molecule has 0 radical (unpaired) electrons. The normalized spacial score (nSPS) is 13.2. The van der Waals surface area contributed by atoms with Crippen LogP contribution in [-0.2, 0) is 4.79 Å². The van der Waals surface area contributed by atoms with Crippen LogP contribution >= 0.6 is 0 Å². The maximum absolute atomic E-state index is 13.9. The Morgan fingerprint density at radius 3 is 2.18 bits per heavy atom. The van der Waals surface area contributed by atoms with Gasteiger partial charge in [-0.1, -0.05) is 65.7 Å². The Bertz CT molecular complexity index is 589. The van der Waals surface area contributed by atoms with Gasteiger partial charge in [0.25, 0.3) is 0 Å². The fraction of sp³-hybridized carbons (Fsp3) is 0.696. The lowest BCUT2D eigenvalue weighted by molar-refractivity contribution is -0.134. The molecule has 0 aliphatic carbocycles. The van der Waals surface area contributed by atoms with Crippen LogP contribution in [-0.4, -0.2) is 13.1 Å². The molecule has 160 valence electrons. The molecule has 0 saturated heterocycles. The van der Waals surface area contributed by atoms with Crippen LogP contribution in [0.25, 0.3) is 0 Å². The molecule has 0 amide bonds. The lowest BCUT2D eigenvalue weighted by Crippen LogP contribution is -2.11. The lowest BCUT2D eigenvalue weighted by atomic mass is 9.89. The largest absolute Gasteiger partial charge is 0.494 e. The molecule has 0 heterocycles. The fourth-order valence-corrected chi connectivity index (χ4v) is 3.69. The Balaban J connectivity index is 2.41. The summed E-state index contributed by atoms with van der Waals surface area (Å²) in [6, 6.07) is 2.46. The van der Waals surface area contributed by atoms with Gasteiger partial charge >= 0.3 is 5.97 Å². The Kier molecular flexibility index (Phi) is 11.8. The molecule has 0 fully saturated rings. The second-order valence-corrected chi connectivity index (χ2v) is 7.74. The topological polar surface area (TPSA) is 35.5 Å². The van der Waals surface area contributed by atoms with Gasteiger partial charge in [-0.15, -0.1) is 0 Å². The molecule has 0 spiro atoms. The summed E-state index contributed by atoms with van der Waals surface area (Å²) in [5.41, 5.74) is 0. The van der Waals surface area contributed by atoms with E-state index in [0.29, 0.717) is 12.3 Å². The average molecular weight is 399 g/mol. The van der Waals surface area contributed by atoms with Crippen LogP contribution in [0.2, 0.25) is 0 Å². The van der Waals surface area contributed by atoms with Gasteiger partial charge in [-0.25, -0.2) is 0 Å². The molecule has 1 aromatic carbocycles. The highest BCUT2D eigenvalue weighted by molar-refractivity contribution is 5.72. The molecule has 2 unspecified atom stereocenters. The highest BCUT2D eigenvalue weighted by Crippen LogP contribution is 2.28. The Morgan fingerprint density at radius 1 is 0.929 bits per heavy atom. The van der Waals surface area contributed by atoms with Gasteiger partial charge in [0.15, 0.2) is 11.5 Å².